The van der Waals surface area contributed by atoms with Crippen LogP contribution in [0.15, 0.2) is 82.0 Å². The molecule has 1 saturated carbocycles. The maximum Gasteiger partial charge on any atom is 0.271 e. The number of benzene rings is 2. The summed E-state index contributed by atoms with van der Waals surface area (Å²) in [6.45, 7) is 1.68. The smallest absolute Gasteiger partial charge is 0.271 e. The standard InChI is InChI=1S/C29H25BrN4O2/c1-19-25(28(35)34(29(36)26(19)17-31)24-10-6-3-7-11-24)16-21-18-33(23-8-4-2-5-9-23)32-27(21)20-12-14-22(30)15-13-20/h2,4-5,8-9,12-16,18,24H,3,6-7,10-11H2,1H3/b25-16+. The molecule has 0 spiro atoms. The van der Waals surface area contributed by atoms with Crippen molar-refractivity contribution in [3.05, 3.63) is 87.5 Å². The molecule has 0 atom stereocenters. The second-order valence-corrected chi connectivity index (χ2v) is 10.1. The Hall–Kier alpha value is -3.76. The molecule has 0 N–H and O–H groups in total. The molecular formula is C29H25BrN4O2. The van der Waals surface area contributed by atoms with Crippen LogP contribution in [0.5, 0.6) is 0 Å². The fraction of sp³-hybridized carbons (Fsp3) is 0.241. The van der Waals surface area contributed by atoms with Gasteiger partial charge in [0.2, 0.25) is 0 Å². The predicted octanol–water partition coefficient (Wildman–Crippen LogP) is 6.23. The van der Waals surface area contributed by atoms with Crippen molar-refractivity contribution >= 4 is 33.8 Å². The van der Waals surface area contributed by atoms with Gasteiger partial charge in [0.05, 0.1) is 11.4 Å². The van der Waals surface area contributed by atoms with Gasteiger partial charge in [-0.2, -0.15) is 10.4 Å². The molecular weight excluding hydrogens is 516 g/mol. The molecule has 2 aromatic carbocycles. The quantitative estimate of drug-likeness (QED) is 0.290. The summed E-state index contributed by atoms with van der Waals surface area (Å²) in [4.78, 5) is 28.2. The van der Waals surface area contributed by atoms with E-state index in [4.69, 9.17) is 5.10 Å². The fourth-order valence-corrected chi connectivity index (χ4v) is 5.23. The highest BCUT2D eigenvalue weighted by Crippen LogP contribution is 2.34. The summed E-state index contributed by atoms with van der Waals surface area (Å²) in [5.74, 6) is -0.810. The van der Waals surface area contributed by atoms with E-state index in [0.717, 1.165) is 53.4 Å². The maximum atomic E-state index is 13.7. The number of para-hydroxylation sites is 1. The Labute approximate surface area is 218 Å². The minimum Gasteiger partial charge on any atom is -0.271 e. The Morgan fingerprint density at radius 1 is 1.00 bits per heavy atom. The lowest BCUT2D eigenvalue weighted by Gasteiger charge is -2.36. The number of hydrogen-bond acceptors (Lipinski definition) is 4. The number of rotatable bonds is 4. The molecule has 2 aliphatic rings. The second kappa shape index (κ2) is 10.1. The number of nitriles is 1. The van der Waals surface area contributed by atoms with Gasteiger partial charge < -0.3 is 0 Å². The number of amides is 2. The highest BCUT2D eigenvalue weighted by atomic mass is 79.9. The third kappa shape index (κ3) is 4.45. The van der Waals surface area contributed by atoms with Gasteiger partial charge in [-0.25, -0.2) is 4.68 Å². The van der Waals surface area contributed by atoms with Crippen LogP contribution >= 0.6 is 15.9 Å². The van der Waals surface area contributed by atoms with Crippen molar-refractivity contribution in [1.82, 2.24) is 14.7 Å². The lowest BCUT2D eigenvalue weighted by atomic mass is 9.88. The predicted molar refractivity (Wildman–Crippen MR) is 142 cm³/mol. The molecule has 0 saturated heterocycles. The summed E-state index contributed by atoms with van der Waals surface area (Å²) in [6, 6.07) is 19.5. The Morgan fingerprint density at radius 3 is 2.36 bits per heavy atom. The van der Waals surface area contributed by atoms with E-state index in [-0.39, 0.29) is 17.5 Å². The molecule has 0 unspecified atom stereocenters. The zero-order chi connectivity index (χ0) is 25.2. The number of aromatic nitrogens is 2. The highest BCUT2D eigenvalue weighted by Gasteiger charge is 2.40. The molecule has 0 radical (unpaired) electrons. The summed E-state index contributed by atoms with van der Waals surface area (Å²) in [6.07, 6.45) is 8.27. The van der Waals surface area contributed by atoms with E-state index < -0.39 is 5.91 Å². The first kappa shape index (κ1) is 24.0. The molecule has 7 heteroatoms. The Balaban J connectivity index is 1.66. The largest absolute Gasteiger partial charge is 0.271 e. The Bertz CT molecular complexity index is 1420. The zero-order valence-corrected chi connectivity index (χ0v) is 21.5. The van der Waals surface area contributed by atoms with Crippen LogP contribution in [-0.2, 0) is 9.59 Å². The molecule has 1 aliphatic carbocycles. The van der Waals surface area contributed by atoms with Crippen LogP contribution in [0, 0.1) is 11.3 Å². The normalized spacial score (nSPS) is 18.1. The van der Waals surface area contributed by atoms with Gasteiger partial charge in [-0.15, -0.1) is 0 Å². The van der Waals surface area contributed by atoms with Crippen LogP contribution in [0.1, 0.15) is 44.6 Å². The summed E-state index contributed by atoms with van der Waals surface area (Å²) >= 11 is 3.48. The number of carbonyl (C=O) groups is 2. The van der Waals surface area contributed by atoms with Gasteiger partial charge in [-0.1, -0.05) is 65.5 Å². The molecule has 36 heavy (non-hydrogen) atoms. The topological polar surface area (TPSA) is 79.0 Å². The van der Waals surface area contributed by atoms with Gasteiger partial charge in [0.25, 0.3) is 11.8 Å². The Kier molecular flexibility index (Phi) is 6.71. The van der Waals surface area contributed by atoms with E-state index in [2.05, 4.69) is 22.0 Å². The first-order valence-corrected chi connectivity index (χ1v) is 12.9. The second-order valence-electron chi connectivity index (χ2n) is 9.16. The minimum absolute atomic E-state index is 0.0343. The molecule has 1 fully saturated rings. The first-order chi connectivity index (χ1) is 17.5. The molecule has 3 aromatic rings. The van der Waals surface area contributed by atoms with Crippen molar-refractivity contribution in [1.29, 1.82) is 5.26 Å². The van der Waals surface area contributed by atoms with Gasteiger partial charge in [0, 0.05) is 33.4 Å². The number of imide groups is 1. The third-order valence-electron chi connectivity index (χ3n) is 6.89. The van der Waals surface area contributed by atoms with Crippen LogP contribution in [0.2, 0.25) is 0 Å². The molecule has 1 aromatic heterocycles. The van der Waals surface area contributed by atoms with Gasteiger partial charge in [0.15, 0.2) is 0 Å². The maximum absolute atomic E-state index is 13.7. The average Bonchev–Trinajstić information content (AvgIpc) is 3.32. The number of halogens is 1. The third-order valence-corrected chi connectivity index (χ3v) is 7.42. The molecule has 180 valence electrons. The Morgan fingerprint density at radius 2 is 1.69 bits per heavy atom. The summed E-state index contributed by atoms with van der Waals surface area (Å²) < 4.78 is 2.74. The van der Waals surface area contributed by atoms with Crippen molar-refractivity contribution in [2.45, 2.75) is 45.1 Å². The van der Waals surface area contributed by atoms with Crippen LogP contribution in [0.3, 0.4) is 0 Å². The van der Waals surface area contributed by atoms with Crippen molar-refractivity contribution < 1.29 is 9.59 Å². The number of carbonyl (C=O) groups excluding carboxylic acids is 2. The van der Waals surface area contributed by atoms with Crippen LogP contribution in [-0.4, -0.2) is 32.5 Å². The molecule has 6 nitrogen and oxygen atoms in total. The summed E-state index contributed by atoms with van der Waals surface area (Å²) in [7, 11) is 0. The van der Waals surface area contributed by atoms with Crippen LogP contribution in [0.25, 0.3) is 23.0 Å². The number of nitrogens with zero attached hydrogens (tertiary/aromatic N) is 4. The van der Waals surface area contributed by atoms with Gasteiger partial charge >= 0.3 is 0 Å². The van der Waals surface area contributed by atoms with E-state index in [9.17, 15) is 14.9 Å². The van der Waals surface area contributed by atoms with Crippen LogP contribution < -0.4 is 0 Å². The first-order valence-electron chi connectivity index (χ1n) is 12.1. The highest BCUT2D eigenvalue weighted by molar-refractivity contribution is 9.10. The zero-order valence-electron chi connectivity index (χ0n) is 19.9. The summed E-state index contributed by atoms with van der Waals surface area (Å²) in [5.41, 5.74) is 4.03. The van der Waals surface area contributed by atoms with E-state index in [0.29, 0.717) is 16.8 Å². The lowest BCUT2D eigenvalue weighted by Crippen LogP contribution is -2.49. The van der Waals surface area contributed by atoms with Crippen molar-refractivity contribution in [3.63, 3.8) is 0 Å². The molecule has 2 heterocycles. The minimum atomic E-state index is -0.475. The van der Waals surface area contributed by atoms with E-state index in [1.165, 1.54) is 4.90 Å². The van der Waals surface area contributed by atoms with E-state index >= 15 is 0 Å². The lowest BCUT2D eigenvalue weighted by molar-refractivity contribution is -0.143. The van der Waals surface area contributed by atoms with Crippen molar-refractivity contribution in [2.24, 2.45) is 0 Å². The molecule has 1 aliphatic heterocycles. The monoisotopic (exact) mass is 540 g/mol. The fourth-order valence-electron chi connectivity index (χ4n) is 4.96. The van der Waals surface area contributed by atoms with Gasteiger partial charge in [-0.3, -0.25) is 14.5 Å². The van der Waals surface area contributed by atoms with Gasteiger partial charge in [0.1, 0.15) is 11.6 Å². The van der Waals surface area contributed by atoms with Crippen molar-refractivity contribution in [2.75, 3.05) is 0 Å². The van der Waals surface area contributed by atoms with E-state index in [1.807, 2.05) is 60.8 Å². The molecule has 2 amide bonds. The average molecular weight is 541 g/mol. The molecule has 5 rings (SSSR count). The van der Waals surface area contributed by atoms with E-state index in [1.54, 1.807) is 17.7 Å². The van der Waals surface area contributed by atoms with Crippen molar-refractivity contribution in [3.8, 4) is 23.0 Å². The van der Waals surface area contributed by atoms with Crippen LogP contribution in [0.4, 0.5) is 0 Å². The SMILES string of the molecule is CC1=C(C#N)C(=O)N(C2CCCCC2)C(=O)/C1=C/c1cn(-c2ccccc2)nc1-c1ccc(Br)cc1. The summed E-state index contributed by atoms with van der Waals surface area (Å²) in [5, 5.41) is 14.7. The number of hydrogen-bond donors (Lipinski definition) is 0. The molecule has 0 bridgehead atoms. The van der Waals surface area contributed by atoms with Gasteiger partial charge in [-0.05, 0) is 55.7 Å².